The van der Waals surface area contributed by atoms with Crippen LogP contribution in [0.4, 0.5) is 17.1 Å². The number of unbranched alkanes of at least 4 members (excludes halogenated alkanes) is 4. The van der Waals surface area contributed by atoms with Crippen molar-refractivity contribution < 1.29 is 21.6 Å². The molecule has 1 fully saturated rings. The molecule has 1 atom stereocenters. The number of sulfonamides is 1. The Morgan fingerprint density at radius 3 is 2.32 bits per heavy atom. The molecule has 0 spiro atoms. The first-order valence-corrected chi connectivity index (χ1v) is 16.1. The standard InChI is InChI=1S/C26H38N4O5S2/c1-4-5-6-7-8-17-37(34,35)23-12-9-21(10-13-23)28-26(31)24-14-11-22(30-16-15-20(27)19-30)18-25(24)29(2)36(3,32)33/h9-14,18,20H,4-8,15-17,19,27H2,1-3H3,(H,28,31)/t20-/m1/s1. The molecule has 3 N–H and O–H groups in total. The van der Waals surface area contributed by atoms with Gasteiger partial charge >= 0.3 is 0 Å². The molecule has 0 aliphatic carbocycles. The van der Waals surface area contributed by atoms with Gasteiger partial charge in [0.15, 0.2) is 9.84 Å². The number of rotatable bonds is 12. The SMILES string of the molecule is CCCCCCCS(=O)(=O)c1ccc(NC(=O)c2ccc(N3CC[C@@H](N)C3)cc2N(C)S(C)(=O)=O)cc1. The van der Waals surface area contributed by atoms with E-state index in [0.717, 1.165) is 54.9 Å². The van der Waals surface area contributed by atoms with Crippen LogP contribution in [-0.4, -0.2) is 60.9 Å². The van der Waals surface area contributed by atoms with Gasteiger partial charge in [-0.05, 0) is 55.3 Å². The Morgan fingerprint density at radius 1 is 1.05 bits per heavy atom. The fourth-order valence-electron chi connectivity index (χ4n) is 4.33. The van der Waals surface area contributed by atoms with Crippen molar-refractivity contribution in [2.75, 3.05) is 46.7 Å². The van der Waals surface area contributed by atoms with Gasteiger partial charge in [0.1, 0.15) is 0 Å². The van der Waals surface area contributed by atoms with E-state index in [-0.39, 0.29) is 27.9 Å². The number of carbonyl (C=O) groups excluding carboxylic acids is 1. The molecule has 11 heteroatoms. The van der Waals surface area contributed by atoms with E-state index in [1.165, 1.54) is 19.2 Å². The highest BCUT2D eigenvalue weighted by Gasteiger charge is 2.25. The van der Waals surface area contributed by atoms with Gasteiger partial charge < -0.3 is 16.0 Å². The summed E-state index contributed by atoms with van der Waals surface area (Å²) >= 11 is 0. The lowest BCUT2D eigenvalue weighted by atomic mass is 10.1. The lowest BCUT2D eigenvalue weighted by Crippen LogP contribution is -2.29. The van der Waals surface area contributed by atoms with Crippen LogP contribution in [0.3, 0.4) is 0 Å². The lowest BCUT2D eigenvalue weighted by Gasteiger charge is -2.24. The van der Waals surface area contributed by atoms with Crippen LogP contribution in [0.1, 0.15) is 55.8 Å². The molecule has 0 saturated carbocycles. The third-order valence-corrected chi connectivity index (χ3v) is 9.65. The summed E-state index contributed by atoms with van der Waals surface area (Å²) in [6.07, 6.45) is 6.65. The number of amides is 1. The van der Waals surface area contributed by atoms with Gasteiger partial charge in [-0.25, -0.2) is 16.8 Å². The highest BCUT2D eigenvalue weighted by molar-refractivity contribution is 7.92. The second kappa shape index (κ2) is 12.3. The van der Waals surface area contributed by atoms with Gasteiger partial charge in [0, 0.05) is 37.6 Å². The number of nitrogens with one attached hydrogen (secondary N) is 1. The maximum atomic E-state index is 13.2. The number of carbonyl (C=O) groups is 1. The van der Waals surface area contributed by atoms with Crippen molar-refractivity contribution in [3.05, 3.63) is 48.0 Å². The van der Waals surface area contributed by atoms with Crippen molar-refractivity contribution in [2.45, 2.75) is 56.4 Å². The van der Waals surface area contributed by atoms with Gasteiger partial charge in [-0.1, -0.05) is 32.6 Å². The summed E-state index contributed by atoms with van der Waals surface area (Å²) in [5.41, 5.74) is 7.66. The topological polar surface area (TPSA) is 130 Å². The molecule has 1 aliphatic rings. The largest absolute Gasteiger partial charge is 0.370 e. The molecule has 1 heterocycles. The number of hydrogen-bond donors (Lipinski definition) is 2. The van der Waals surface area contributed by atoms with Gasteiger partial charge in [0.05, 0.1) is 28.2 Å². The average Bonchev–Trinajstić information content (AvgIpc) is 3.29. The van der Waals surface area contributed by atoms with Crippen LogP contribution in [-0.2, 0) is 19.9 Å². The number of anilines is 3. The van der Waals surface area contributed by atoms with Crippen LogP contribution in [0.25, 0.3) is 0 Å². The van der Waals surface area contributed by atoms with Crippen molar-refractivity contribution >= 4 is 42.8 Å². The van der Waals surface area contributed by atoms with Crippen LogP contribution < -0.4 is 20.3 Å². The summed E-state index contributed by atoms with van der Waals surface area (Å²) in [5.74, 6) is -0.403. The van der Waals surface area contributed by atoms with Gasteiger partial charge in [-0.3, -0.25) is 9.10 Å². The Morgan fingerprint density at radius 2 is 1.73 bits per heavy atom. The molecular weight excluding hydrogens is 512 g/mol. The zero-order valence-corrected chi connectivity index (χ0v) is 23.4. The van der Waals surface area contributed by atoms with Crippen LogP contribution in [0.2, 0.25) is 0 Å². The normalized spacial score (nSPS) is 16.1. The highest BCUT2D eigenvalue weighted by atomic mass is 32.2. The van der Waals surface area contributed by atoms with Crippen molar-refractivity contribution in [1.82, 2.24) is 0 Å². The first-order chi connectivity index (χ1) is 17.4. The second-order valence-corrected chi connectivity index (χ2v) is 13.8. The Kier molecular flexibility index (Phi) is 9.60. The average molecular weight is 551 g/mol. The van der Waals surface area contributed by atoms with Gasteiger partial charge in [0.2, 0.25) is 10.0 Å². The number of sulfone groups is 1. The van der Waals surface area contributed by atoms with E-state index in [1.54, 1.807) is 30.3 Å². The molecule has 204 valence electrons. The highest BCUT2D eigenvalue weighted by Crippen LogP contribution is 2.30. The minimum atomic E-state index is -3.63. The summed E-state index contributed by atoms with van der Waals surface area (Å²) in [4.78, 5) is 15.5. The van der Waals surface area contributed by atoms with Crippen LogP contribution in [0, 0.1) is 0 Å². The molecule has 0 radical (unpaired) electrons. The first-order valence-electron chi connectivity index (χ1n) is 12.6. The van der Waals surface area contributed by atoms with Gasteiger partial charge in [-0.2, -0.15) is 0 Å². The van der Waals surface area contributed by atoms with Crippen LogP contribution in [0.15, 0.2) is 47.4 Å². The number of nitrogens with two attached hydrogens (primary N) is 1. The minimum absolute atomic E-state index is 0.0481. The van der Waals surface area contributed by atoms with Gasteiger partial charge in [-0.15, -0.1) is 0 Å². The van der Waals surface area contributed by atoms with Crippen molar-refractivity contribution in [3.63, 3.8) is 0 Å². The number of nitrogens with zero attached hydrogens (tertiary/aromatic N) is 2. The second-order valence-electron chi connectivity index (χ2n) is 9.64. The molecule has 0 aromatic heterocycles. The third kappa shape index (κ3) is 7.68. The third-order valence-electron chi connectivity index (χ3n) is 6.64. The number of hydrogen-bond acceptors (Lipinski definition) is 7. The summed E-state index contributed by atoms with van der Waals surface area (Å²) in [6, 6.07) is 11.2. The van der Waals surface area contributed by atoms with E-state index in [9.17, 15) is 21.6 Å². The molecule has 2 aromatic rings. The quantitative estimate of drug-likeness (QED) is 0.386. The zero-order valence-electron chi connectivity index (χ0n) is 21.8. The maximum absolute atomic E-state index is 13.2. The Bertz CT molecular complexity index is 1290. The van der Waals surface area contributed by atoms with E-state index in [1.807, 2.05) is 0 Å². The molecular formula is C26H38N4O5S2. The number of benzene rings is 2. The summed E-state index contributed by atoms with van der Waals surface area (Å²) in [5, 5.41) is 2.76. The molecule has 0 bridgehead atoms. The van der Waals surface area contributed by atoms with Gasteiger partial charge in [0.25, 0.3) is 5.91 Å². The zero-order chi connectivity index (χ0) is 27.2. The van der Waals surface area contributed by atoms with Crippen molar-refractivity contribution in [2.24, 2.45) is 5.73 Å². The fraction of sp³-hybridized carbons (Fsp3) is 0.500. The molecule has 1 saturated heterocycles. The Hall–Kier alpha value is -2.63. The molecule has 1 aliphatic heterocycles. The maximum Gasteiger partial charge on any atom is 0.257 e. The van der Waals surface area contributed by atoms with E-state index >= 15 is 0 Å². The van der Waals surface area contributed by atoms with Crippen LogP contribution >= 0.6 is 0 Å². The lowest BCUT2D eigenvalue weighted by molar-refractivity contribution is 0.102. The summed E-state index contributed by atoms with van der Waals surface area (Å²) in [6.45, 7) is 3.52. The minimum Gasteiger partial charge on any atom is -0.370 e. The van der Waals surface area contributed by atoms with E-state index in [2.05, 4.69) is 17.1 Å². The van der Waals surface area contributed by atoms with E-state index in [4.69, 9.17) is 5.73 Å². The summed E-state index contributed by atoms with van der Waals surface area (Å²) < 4.78 is 51.0. The molecule has 9 nitrogen and oxygen atoms in total. The van der Waals surface area contributed by atoms with Crippen molar-refractivity contribution in [3.8, 4) is 0 Å². The predicted octanol–water partition coefficient (Wildman–Crippen LogP) is 3.62. The molecule has 2 aromatic carbocycles. The predicted molar refractivity (Wildman–Crippen MR) is 150 cm³/mol. The molecule has 37 heavy (non-hydrogen) atoms. The molecule has 0 unspecified atom stereocenters. The fourth-order valence-corrected chi connectivity index (χ4v) is 6.21. The van der Waals surface area contributed by atoms with Crippen LogP contribution in [0.5, 0.6) is 0 Å². The smallest absolute Gasteiger partial charge is 0.257 e. The Balaban J connectivity index is 1.77. The Labute approximate surface area is 221 Å². The monoisotopic (exact) mass is 550 g/mol. The van der Waals surface area contributed by atoms with Crippen molar-refractivity contribution in [1.29, 1.82) is 0 Å². The van der Waals surface area contributed by atoms with E-state index < -0.39 is 25.8 Å². The van der Waals surface area contributed by atoms with E-state index in [0.29, 0.717) is 18.7 Å². The first kappa shape index (κ1) is 28.9. The molecule has 1 amide bonds. The molecule has 3 rings (SSSR count). The summed E-state index contributed by atoms with van der Waals surface area (Å²) in [7, 11) is -5.62.